The molecule has 1 aliphatic heterocycles. The van der Waals surface area contributed by atoms with Gasteiger partial charge in [-0.3, -0.25) is 19.7 Å². The molecule has 166 valence electrons. The summed E-state index contributed by atoms with van der Waals surface area (Å²) in [7, 11) is 0. The molecule has 0 saturated carbocycles. The van der Waals surface area contributed by atoms with E-state index in [2.05, 4.69) is 22.4 Å². The molecule has 1 aliphatic rings. The number of hydrogen-bond donors (Lipinski definition) is 3. The molecule has 1 fully saturated rings. The lowest BCUT2D eigenvalue weighted by Crippen LogP contribution is -2.36. The van der Waals surface area contributed by atoms with Gasteiger partial charge in [-0.1, -0.05) is 47.7 Å². The van der Waals surface area contributed by atoms with Crippen molar-refractivity contribution in [1.82, 2.24) is 25.4 Å². The number of benzene rings is 2. The minimum Gasteiger partial charge on any atom is -0.480 e. The van der Waals surface area contributed by atoms with Crippen molar-refractivity contribution in [2.24, 2.45) is 0 Å². The van der Waals surface area contributed by atoms with Crippen molar-refractivity contribution in [3.05, 3.63) is 71.9 Å². The van der Waals surface area contributed by atoms with E-state index in [1.54, 1.807) is 40.6 Å². The summed E-state index contributed by atoms with van der Waals surface area (Å²) in [5.74, 6) is -1.43. The molecule has 32 heavy (non-hydrogen) atoms. The Labute approximate surface area is 185 Å². The fraction of sp³-hybridized carbons (Fsp3) is 0.304. The van der Waals surface area contributed by atoms with Crippen LogP contribution in [-0.2, 0) is 11.2 Å². The van der Waals surface area contributed by atoms with Crippen LogP contribution in [0, 0.1) is 0 Å². The maximum Gasteiger partial charge on any atom is 0.321 e. The molecule has 0 unspecified atom stereocenters. The van der Waals surface area contributed by atoms with Crippen LogP contribution in [-0.4, -0.2) is 61.2 Å². The van der Waals surface area contributed by atoms with Gasteiger partial charge in [0.25, 0.3) is 5.91 Å². The van der Waals surface area contributed by atoms with Gasteiger partial charge in [0.05, 0.1) is 12.2 Å². The first kappa shape index (κ1) is 21.7. The van der Waals surface area contributed by atoms with Gasteiger partial charge in [0.15, 0.2) is 0 Å². The van der Waals surface area contributed by atoms with Crippen molar-refractivity contribution in [2.45, 2.75) is 31.3 Å². The van der Waals surface area contributed by atoms with Crippen LogP contribution >= 0.6 is 0 Å². The second kappa shape index (κ2) is 9.71. The third-order valence-electron chi connectivity index (χ3n) is 5.83. The van der Waals surface area contributed by atoms with Crippen LogP contribution in [0.5, 0.6) is 0 Å². The van der Waals surface area contributed by atoms with Gasteiger partial charge < -0.3 is 5.11 Å². The number of likely N-dealkylation sites (tertiary alicyclic amines) is 1. The van der Waals surface area contributed by atoms with Gasteiger partial charge in [0, 0.05) is 17.7 Å². The standard InChI is InChI=1S/C23H25N5O4/c29-22(25-32)18-10-4-9-17(12-18)20-15-28(26-24-20)19-13-21(23(30)31)27(14-19)11-5-8-16-6-2-1-3-7-16/h1-4,6-7,9-10,12,15,19,21,32H,5,8,11,13-14H2,(H,25,29)(H,30,31)/t19-,21+/m1/s1. The quantitative estimate of drug-likeness (QED) is 0.367. The van der Waals surface area contributed by atoms with E-state index in [-0.39, 0.29) is 6.04 Å². The van der Waals surface area contributed by atoms with E-state index in [1.807, 2.05) is 23.1 Å². The zero-order valence-electron chi connectivity index (χ0n) is 17.5. The molecule has 2 heterocycles. The van der Waals surface area contributed by atoms with Crippen molar-refractivity contribution in [3.63, 3.8) is 0 Å². The number of nitrogens with zero attached hydrogens (tertiary/aromatic N) is 4. The van der Waals surface area contributed by atoms with Gasteiger partial charge in [-0.15, -0.1) is 5.10 Å². The van der Waals surface area contributed by atoms with Gasteiger partial charge >= 0.3 is 5.97 Å². The minimum absolute atomic E-state index is 0.0991. The highest BCUT2D eigenvalue weighted by Gasteiger charge is 2.37. The topological polar surface area (TPSA) is 121 Å². The third-order valence-corrected chi connectivity index (χ3v) is 5.83. The van der Waals surface area contributed by atoms with Gasteiger partial charge in [0.1, 0.15) is 11.7 Å². The van der Waals surface area contributed by atoms with Crippen LogP contribution in [0.4, 0.5) is 0 Å². The molecule has 2 aromatic carbocycles. The zero-order valence-corrected chi connectivity index (χ0v) is 17.5. The molecule has 0 aliphatic carbocycles. The van der Waals surface area contributed by atoms with Crippen LogP contribution in [0.1, 0.15) is 34.8 Å². The van der Waals surface area contributed by atoms with Crippen LogP contribution < -0.4 is 5.48 Å². The van der Waals surface area contributed by atoms with Crippen molar-refractivity contribution in [1.29, 1.82) is 0 Å². The fourth-order valence-electron chi connectivity index (χ4n) is 4.18. The Bertz CT molecular complexity index is 1080. The second-order valence-electron chi connectivity index (χ2n) is 7.93. The van der Waals surface area contributed by atoms with Crippen LogP contribution in [0.3, 0.4) is 0 Å². The Morgan fingerprint density at radius 1 is 1.12 bits per heavy atom. The van der Waals surface area contributed by atoms with E-state index in [4.69, 9.17) is 5.21 Å². The Morgan fingerprint density at radius 2 is 1.94 bits per heavy atom. The largest absolute Gasteiger partial charge is 0.480 e. The summed E-state index contributed by atoms with van der Waals surface area (Å²) in [5.41, 5.74) is 4.42. The number of carboxylic acid groups (broad SMARTS) is 1. The minimum atomic E-state index is -0.824. The Kier molecular flexibility index (Phi) is 6.58. The summed E-state index contributed by atoms with van der Waals surface area (Å²) in [6.45, 7) is 1.28. The van der Waals surface area contributed by atoms with Crippen LogP contribution in [0.2, 0.25) is 0 Å². The molecule has 9 nitrogen and oxygen atoms in total. The number of aryl methyl sites for hydroxylation is 1. The SMILES string of the molecule is O=C(NO)c1cccc(-c2cn([C@@H]3C[C@@H](C(=O)O)N(CCCc4ccccc4)C3)nn2)c1. The number of hydrogen-bond acceptors (Lipinski definition) is 6. The lowest BCUT2D eigenvalue weighted by atomic mass is 10.1. The first-order valence-corrected chi connectivity index (χ1v) is 10.5. The summed E-state index contributed by atoms with van der Waals surface area (Å²) < 4.78 is 1.71. The molecular weight excluding hydrogens is 410 g/mol. The average Bonchev–Trinajstić information content (AvgIpc) is 3.47. The highest BCUT2D eigenvalue weighted by atomic mass is 16.5. The third kappa shape index (κ3) is 4.84. The summed E-state index contributed by atoms with van der Waals surface area (Å²) in [6, 6.07) is 16.2. The lowest BCUT2D eigenvalue weighted by molar-refractivity contribution is -0.142. The van der Waals surface area contributed by atoms with Crippen LogP contribution in [0.25, 0.3) is 11.3 Å². The Morgan fingerprint density at radius 3 is 2.69 bits per heavy atom. The molecule has 1 amide bonds. The number of hydroxylamine groups is 1. The number of carboxylic acids is 1. The number of rotatable bonds is 8. The first-order chi connectivity index (χ1) is 15.5. The smallest absolute Gasteiger partial charge is 0.321 e. The molecular formula is C23H25N5O4. The van der Waals surface area contributed by atoms with Crippen LogP contribution in [0.15, 0.2) is 60.8 Å². The summed E-state index contributed by atoms with van der Waals surface area (Å²) in [4.78, 5) is 25.5. The summed E-state index contributed by atoms with van der Waals surface area (Å²) in [6.07, 6.45) is 4.01. The number of carbonyl (C=O) groups excluding carboxylic acids is 1. The molecule has 0 radical (unpaired) electrons. The van der Waals surface area contributed by atoms with Crippen molar-refractivity contribution in [3.8, 4) is 11.3 Å². The van der Waals surface area contributed by atoms with E-state index < -0.39 is 17.9 Å². The van der Waals surface area contributed by atoms with E-state index in [1.165, 1.54) is 5.56 Å². The molecule has 3 N–H and O–H groups in total. The average molecular weight is 435 g/mol. The monoisotopic (exact) mass is 435 g/mol. The normalized spacial score (nSPS) is 18.5. The number of aromatic nitrogens is 3. The van der Waals surface area contributed by atoms with Gasteiger partial charge in [-0.2, -0.15) is 0 Å². The Hall–Kier alpha value is -3.56. The highest BCUT2D eigenvalue weighted by molar-refractivity contribution is 5.94. The molecule has 9 heteroatoms. The zero-order chi connectivity index (χ0) is 22.5. The molecule has 1 saturated heterocycles. The molecule has 2 atom stereocenters. The van der Waals surface area contributed by atoms with Crippen molar-refractivity contribution in [2.75, 3.05) is 13.1 Å². The molecule has 0 bridgehead atoms. The van der Waals surface area contributed by atoms with Gasteiger partial charge in [0.2, 0.25) is 0 Å². The summed E-state index contributed by atoms with van der Waals surface area (Å²) >= 11 is 0. The first-order valence-electron chi connectivity index (χ1n) is 10.5. The van der Waals surface area contributed by atoms with E-state index in [0.717, 1.165) is 12.8 Å². The molecule has 4 rings (SSSR count). The predicted molar refractivity (Wildman–Crippen MR) is 116 cm³/mol. The van der Waals surface area contributed by atoms with Gasteiger partial charge in [-0.05, 0) is 43.5 Å². The molecule has 1 aromatic heterocycles. The van der Waals surface area contributed by atoms with E-state index in [9.17, 15) is 14.7 Å². The fourth-order valence-corrected chi connectivity index (χ4v) is 4.18. The number of carbonyl (C=O) groups is 2. The maximum absolute atomic E-state index is 11.8. The van der Waals surface area contributed by atoms with Gasteiger partial charge in [-0.25, -0.2) is 10.2 Å². The number of amides is 1. The molecule has 0 spiro atoms. The number of nitrogens with one attached hydrogen (secondary N) is 1. The summed E-state index contributed by atoms with van der Waals surface area (Å²) in [5, 5.41) is 27.0. The predicted octanol–water partition coefficient (Wildman–Crippen LogP) is 2.40. The highest BCUT2D eigenvalue weighted by Crippen LogP contribution is 2.29. The number of aliphatic carboxylic acids is 1. The van der Waals surface area contributed by atoms with E-state index in [0.29, 0.717) is 36.3 Å². The Balaban J connectivity index is 1.43. The molecule has 3 aromatic rings. The van der Waals surface area contributed by atoms with Crippen molar-refractivity contribution >= 4 is 11.9 Å². The maximum atomic E-state index is 11.8. The second-order valence-corrected chi connectivity index (χ2v) is 7.93. The lowest BCUT2D eigenvalue weighted by Gasteiger charge is -2.20. The van der Waals surface area contributed by atoms with Crippen molar-refractivity contribution < 1.29 is 19.9 Å². The van der Waals surface area contributed by atoms with E-state index >= 15 is 0 Å².